The first-order valence-corrected chi connectivity index (χ1v) is 11.5. The average molecular weight is 494 g/mol. The van der Waals surface area contributed by atoms with Crippen molar-refractivity contribution in [2.24, 2.45) is 0 Å². The first-order valence-electron chi connectivity index (χ1n) is 11.1. The number of rotatable bonds is 6. The SMILES string of the molecule is C/C(=C\c1ccc(Cl)cc1)c1ccc2nccc(C(=O)CCC(=O)N3CC(F)(F)C[C@H]3C#N)c2c1. The number of aromatic nitrogens is 1. The lowest BCUT2D eigenvalue weighted by Gasteiger charge is -2.18. The van der Waals surface area contributed by atoms with Crippen LogP contribution in [0, 0.1) is 11.3 Å². The number of alkyl halides is 2. The summed E-state index contributed by atoms with van der Waals surface area (Å²) in [5.41, 5.74) is 3.91. The van der Waals surface area contributed by atoms with Crippen molar-refractivity contribution >= 4 is 45.8 Å². The Kier molecular flexibility index (Phi) is 6.95. The Balaban J connectivity index is 1.54. The lowest BCUT2D eigenvalue weighted by atomic mass is 9.97. The number of nitrogens with zero attached hydrogens (tertiary/aromatic N) is 3. The van der Waals surface area contributed by atoms with Crippen LogP contribution in [0.3, 0.4) is 0 Å². The van der Waals surface area contributed by atoms with Crippen LogP contribution in [0.4, 0.5) is 8.78 Å². The minimum absolute atomic E-state index is 0.151. The van der Waals surface area contributed by atoms with E-state index in [1.807, 2.05) is 55.5 Å². The second-order valence-electron chi connectivity index (χ2n) is 8.62. The summed E-state index contributed by atoms with van der Waals surface area (Å²) < 4.78 is 27.3. The predicted molar refractivity (Wildman–Crippen MR) is 131 cm³/mol. The number of hydrogen-bond donors (Lipinski definition) is 0. The van der Waals surface area contributed by atoms with Gasteiger partial charge in [-0.25, -0.2) is 8.78 Å². The molecule has 8 heteroatoms. The van der Waals surface area contributed by atoms with Gasteiger partial charge in [0.05, 0.1) is 18.1 Å². The van der Waals surface area contributed by atoms with Crippen LogP contribution < -0.4 is 0 Å². The van der Waals surface area contributed by atoms with Crippen molar-refractivity contribution in [2.75, 3.05) is 6.54 Å². The van der Waals surface area contributed by atoms with E-state index < -0.39 is 30.8 Å². The minimum Gasteiger partial charge on any atom is -0.320 e. The molecule has 0 radical (unpaired) electrons. The van der Waals surface area contributed by atoms with E-state index in [-0.39, 0.29) is 18.6 Å². The molecule has 5 nitrogen and oxygen atoms in total. The number of allylic oxidation sites excluding steroid dienone is 1. The van der Waals surface area contributed by atoms with Crippen LogP contribution in [0.15, 0.2) is 54.7 Å². The molecule has 0 spiro atoms. The summed E-state index contributed by atoms with van der Waals surface area (Å²) in [6.07, 6.45) is 2.46. The molecule has 2 aromatic carbocycles. The van der Waals surface area contributed by atoms with Crippen molar-refractivity contribution in [3.8, 4) is 6.07 Å². The molecule has 1 aliphatic rings. The largest absolute Gasteiger partial charge is 0.320 e. The van der Waals surface area contributed by atoms with Gasteiger partial charge in [-0.3, -0.25) is 14.6 Å². The first kappa shape index (κ1) is 24.5. The Morgan fingerprint density at radius 3 is 2.66 bits per heavy atom. The fourth-order valence-corrected chi connectivity index (χ4v) is 4.35. The zero-order chi connectivity index (χ0) is 25.2. The topological polar surface area (TPSA) is 74.1 Å². The summed E-state index contributed by atoms with van der Waals surface area (Å²) in [6, 6.07) is 15.2. The number of pyridine rings is 1. The number of nitriles is 1. The van der Waals surface area contributed by atoms with Crippen LogP contribution >= 0.6 is 11.6 Å². The van der Waals surface area contributed by atoms with Crippen molar-refractivity contribution in [1.29, 1.82) is 5.26 Å². The highest BCUT2D eigenvalue weighted by Crippen LogP contribution is 2.32. The third kappa shape index (κ3) is 5.55. The van der Waals surface area contributed by atoms with Gasteiger partial charge in [0.2, 0.25) is 5.91 Å². The monoisotopic (exact) mass is 493 g/mol. The van der Waals surface area contributed by atoms with Crippen molar-refractivity contribution in [1.82, 2.24) is 9.88 Å². The number of likely N-dealkylation sites (tertiary alicyclic amines) is 1. The molecule has 178 valence electrons. The van der Waals surface area contributed by atoms with Crippen molar-refractivity contribution in [3.05, 3.63) is 76.4 Å². The summed E-state index contributed by atoms with van der Waals surface area (Å²) in [5, 5.41) is 10.4. The molecular formula is C27H22ClF2N3O2. The first-order chi connectivity index (χ1) is 16.7. The van der Waals surface area contributed by atoms with Gasteiger partial charge >= 0.3 is 0 Å². The molecule has 0 bridgehead atoms. The lowest BCUT2D eigenvalue weighted by molar-refractivity contribution is -0.132. The van der Waals surface area contributed by atoms with Crippen LogP contribution in [0.5, 0.6) is 0 Å². The maximum atomic E-state index is 13.7. The van der Waals surface area contributed by atoms with Gasteiger partial charge in [-0.05, 0) is 54.0 Å². The molecule has 35 heavy (non-hydrogen) atoms. The molecule has 0 N–H and O–H groups in total. The molecular weight excluding hydrogens is 472 g/mol. The van der Waals surface area contributed by atoms with Crippen LogP contribution in [-0.4, -0.2) is 40.1 Å². The number of benzene rings is 2. The highest BCUT2D eigenvalue weighted by Gasteiger charge is 2.47. The van der Waals surface area contributed by atoms with E-state index in [0.29, 0.717) is 21.5 Å². The summed E-state index contributed by atoms with van der Waals surface area (Å²) in [5.74, 6) is -4.00. The van der Waals surface area contributed by atoms with E-state index in [1.54, 1.807) is 12.1 Å². The zero-order valence-electron chi connectivity index (χ0n) is 19.0. The third-order valence-corrected chi connectivity index (χ3v) is 6.31. The average Bonchev–Trinajstić information content (AvgIpc) is 3.17. The van der Waals surface area contributed by atoms with E-state index in [1.165, 1.54) is 6.20 Å². The van der Waals surface area contributed by atoms with Crippen LogP contribution in [0.2, 0.25) is 5.02 Å². The summed E-state index contributed by atoms with van der Waals surface area (Å²) in [7, 11) is 0. The maximum absolute atomic E-state index is 13.7. The molecule has 0 unspecified atom stereocenters. The molecule has 0 saturated carbocycles. The molecule has 1 saturated heterocycles. The van der Waals surface area contributed by atoms with Crippen molar-refractivity contribution in [2.45, 2.75) is 38.2 Å². The van der Waals surface area contributed by atoms with Crippen LogP contribution in [0.25, 0.3) is 22.6 Å². The predicted octanol–water partition coefficient (Wildman–Crippen LogP) is 6.17. The lowest BCUT2D eigenvalue weighted by Crippen LogP contribution is -2.36. The number of ketones is 1. The van der Waals surface area contributed by atoms with Gasteiger partial charge in [0.15, 0.2) is 5.78 Å². The maximum Gasteiger partial charge on any atom is 0.268 e. The van der Waals surface area contributed by atoms with Gasteiger partial charge in [-0.15, -0.1) is 0 Å². The smallest absolute Gasteiger partial charge is 0.268 e. The quantitative estimate of drug-likeness (QED) is 0.304. The number of hydrogen-bond acceptors (Lipinski definition) is 4. The summed E-state index contributed by atoms with van der Waals surface area (Å²) in [6.45, 7) is 1.17. The Morgan fingerprint density at radius 2 is 1.94 bits per heavy atom. The van der Waals surface area contributed by atoms with E-state index in [4.69, 9.17) is 16.9 Å². The molecule has 1 atom stereocenters. The molecule has 1 fully saturated rings. The van der Waals surface area contributed by atoms with Gasteiger partial charge in [-0.1, -0.05) is 35.9 Å². The van der Waals surface area contributed by atoms with Gasteiger partial charge in [-0.2, -0.15) is 5.26 Å². The summed E-state index contributed by atoms with van der Waals surface area (Å²) >= 11 is 5.96. The van der Waals surface area contributed by atoms with Gasteiger partial charge < -0.3 is 4.90 Å². The normalized spacial score (nSPS) is 17.4. The molecule has 1 aliphatic heterocycles. The number of carbonyl (C=O) groups is 2. The molecule has 0 aliphatic carbocycles. The molecule has 3 aromatic rings. The second-order valence-corrected chi connectivity index (χ2v) is 9.06. The number of Topliss-reactive ketones (excluding diaryl/α,β-unsaturated/α-hetero) is 1. The van der Waals surface area contributed by atoms with Gasteiger partial charge in [0, 0.05) is 41.4 Å². The van der Waals surface area contributed by atoms with E-state index in [2.05, 4.69) is 4.98 Å². The van der Waals surface area contributed by atoms with Crippen molar-refractivity contribution in [3.63, 3.8) is 0 Å². The van der Waals surface area contributed by atoms with Crippen LogP contribution in [-0.2, 0) is 4.79 Å². The highest BCUT2D eigenvalue weighted by molar-refractivity contribution is 6.30. The summed E-state index contributed by atoms with van der Waals surface area (Å²) in [4.78, 5) is 30.7. The molecule has 1 aromatic heterocycles. The number of fused-ring (bicyclic) bond motifs is 1. The Hall–Kier alpha value is -3.63. The zero-order valence-corrected chi connectivity index (χ0v) is 19.7. The highest BCUT2D eigenvalue weighted by atomic mass is 35.5. The second kappa shape index (κ2) is 9.93. The fraction of sp³-hybridized carbons (Fsp3) is 0.259. The fourth-order valence-electron chi connectivity index (χ4n) is 4.22. The van der Waals surface area contributed by atoms with E-state index >= 15 is 0 Å². The Morgan fingerprint density at radius 1 is 1.20 bits per heavy atom. The third-order valence-electron chi connectivity index (χ3n) is 6.06. The number of carbonyl (C=O) groups excluding carboxylic acids is 2. The molecule has 2 heterocycles. The van der Waals surface area contributed by atoms with Gasteiger partial charge in [0.25, 0.3) is 5.92 Å². The Labute approximate surface area is 206 Å². The van der Waals surface area contributed by atoms with Crippen molar-refractivity contribution < 1.29 is 18.4 Å². The standard InChI is InChI=1S/C27H22ClF2N3O2/c1-17(12-18-2-5-20(28)6-3-18)19-4-7-24-23(13-19)22(10-11-32-24)25(34)8-9-26(35)33-16-27(29,30)14-21(33)15-31/h2-7,10-13,21H,8-9,14,16H2,1H3/b17-12+/t21-/m0/s1. The van der Waals surface area contributed by atoms with E-state index in [9.17, 15) is 18.4 Å². The molecule has 1 amide bonds. The Bertz CT molecular complexity index is 1360. The number of halogens is 3. The van der Waals surface area contributed by atoms with Crippen LogP contribution in [0.1, 0.15) is 47.7 Å². The number of amides is 1. The van der Waals surface area contributed by atoms with Gasteiger partial charge in [0.1, 0.15) is 6.04 Å². The minimum atomic E-state index is -3.09. The van der Waals surface area contributed by atoms with E-state index in [0.717, 1.165) is 21.6 Å². The molecule has 4 rings (SSSR count).